The third-order valence-corrected chi connectivity index (χ3v) is 9.73. The molecule has 5 aromatic carbocycles. The first-order chi connectivity index (χ1) is 25.9. The normalized spacial score (nSPS) is 18.4. The van der Waals surface area contributed by atoms with Gasteiger partial charge in [-0.25, -0.2) is 22.0 Å². The van der Waals surface area contributed by atoms with E-state index in [-0.39, 0.29) is 31.4 Å². The van der Waals surface area contributed by atoms with Crippen LogP contribution in [0.3, 0.4) is 0 Å². The number of likely N-dealkylation sites (N-methyl/N-ethyl adjacent to an activating group) is 1. The summed E-state index contributed by atoms with van der Waals surface area (Å²) in [5.74, 6) is -12.6. The van der Waals surface area contributed by atoms with Crippen LogP contribution in [-0.4, -0.2) is 46.8 Å². The predicted octanol–water partition coefficient (Wildman–Crippen LogP) is 8.07. The summed E-state index contributed by atoms with van der Waals surface area (Å²) in [7, 11) is 1.95. The molecule has 5 atom stereocenters. The SMILES string of the molecule is C[C@H]([C@@H](O)c1ccccc1)N(C)C[C@@H]1C[C@H](c2ccc(CO)cc2)O[C@H](c2ccc(-c3cccc(CNC(=O)c4c(F)c(F)c(F)c(F)c4F)c3)cc2)O1. The number of benzene rings is 5. The van der Waals surface area contributed by atoms with Crippen LogP contribution in [0.4, 0.5) is 22.0 Å². The van der Waals surface area contributed by atoms with Gasteiger partial charge in [0.2, 0.25) is 5.82 Å². The molecule has 282 valence electrons. The number of hydrogen-bond acceptors (Lipinski definition) is 6. The van der Waals surface area contributed by atoms with Gasteiger partial charge in [0, 0.05) is 31.1 Å². The van der Waals surface area contributed by atoms with E-state index in [0.29, 0.717) is 18.5 Å². The molecule has 5 aromatic rings. The third-order valence-electron chi connectivity index (χ3n) is 9.73. The van der Waals surface area contributed by atoms with E-state index in [1.807, 2.05) is 98.9 Å². The quantitative estimate of drug-likeness (QED) is 0.0680. The van der Waals surface area contributed by atoms with Crippen molar-refractivity contribution in [1.29, 1.82) is 0 Å². The Morgan fingerprint density at radius 2 is 1.41 bits per heavy atom. The minimum absolute atomic E-state index is 0.0745. The number of carbonyl (C=O) groups excluding carboxylic acids is 1. The first-order valence-corrected chi connectivity index (χ1v) is 17.4. The van der Waals surface area contributed by atoms with Gasteiger partial charge in [-0.1, -0.05) is 97.1 Å². The van der Waals surface area contributed by atoms with E-state index < -0.39 is 53.0 Å². The molecule has 1 amide bonds. The summed E-state index contributed by atoms with van der Waals surface area (Å²) in [6.07, 6.45) is -1.46. The van der Waals surface area contributed by atoms with Crippen LogP contribution in [0.2, 0.25) is 0 Å². The van der Waals surface area contributed by atoms with Crippen molar-refractivity contribution in [3.8, 4) is 11.1 Å². The van der Waals surface area contributed by atoms with Crippen molar-refractivity contribution in [3.63, 3.8) is 0 Å². The Morgan fingerprint density at radius 1 is 0.778 bits per heavy atom. The second-order valence-corrected chi connectivity index (χ2v) is 13.3. The smallest absolute Gasteiger partial charge is 0.257 e. The molecule has 1 saturated heterocycles. The van der Waals surface area contributed by atoms with Gasteiger partial charge in [-0.05, 0) is 53.4 Å². The Bertz CT molecular complexity index is 2040. The summed E-state index contributed by atoms with van der Waals surface area (Å²) in [4.78, 5) is 14.5. The Kier molecular flexibility index (Phi) is 12.2. The van der Waals surface area contributed by atoms with Crippen LogP contribution in [0.1, 0.15) is 70.0 Å². The average Bonchev–Trinajstić information content (AvgIpc) is 3.21. The fraction of sp³-hybridized carbons (Fsp3) is 0.262. The number of aliphatic hydroxyl groups excluding tert-OH is 2. The number of hydrogen-bond donors (Lipinski definition) is 3. The zero-order valence-electron chi connectivity index (χ0n) is 29.5. The van der Waals surface area contributed by atoms with Crippen molar-refractivity contribution in [2.45, 2.75) is 57.1 Å². The Labute approximate surface area is 309 Å². The highest BCUT2D eigenvalue weighted by Gasteiger charge is 2.34. The molecule has 1 aliphatic heterocycles. The van der Waals surface area contributed by atoms with Crippen molar-refractivity contribution in [2.24, 2.45) is 0 Å². The van der Waals surface area contributed by atoms with Crippen molar-refractivity contribution < 1.29 is 46.4 Å². The highest BCUT2D eigenvalue weighted by molar-refractivity contribution is 5.94. The zero-order valence-corrected chi connectivity index (χ0v) is 29.5. The first kappa shape index (κ1) is 38.7. The van der Waals surface area contributed by atoms with Gasteiger partial charge in [-0.3, -0.25) is 9.69 Å². The molecule has 3 N–H and O–H groups in total. The van der Waals surface area contributed by atoms with Crippen LogP contribution in [0.15, 0.2) is 103 Å². The van der Waals surface area contributed by atoms with Crippen molar-refractivity contribution in [3.05, 3.63) is 166 Å². The summed E-state index contributed by atoms with van der Waals surface area (Å²) in [5, 5.41) is 22.9. The maximum Gasteiger partial charge on any atom is 0.257 e. The molecule has 0 radical (unpaired) electrons. The van der Waals surface area contributed by atoms with Gasteiger partial charge in [0.1, 0.15) is 5.56 Å². The Hall–Kier alpha value is -4.98. The maximum absolute atomic E-state index is 14.1. The number of carbonyl (C=O) groups is 1. The number of amides is 1. The lowest BCUT2D eigenvalue weighted by Crippen LogP contribution is -2.43. The molecule has 54 heavy (non-hydrogen) atoms. The van der Waals surface area contributed by atoms with Crippen molar-refractivity contribution >= 4 is 5.91 Å². The van der Waals surface area contributed by atoms with Gasteiger partial charge in [0.05, 0.1) is 24.9 Å². The molecule has 0 saturated carbocycles. The molecule has 1 fully saturated rings. The van der Waals surface area contributed by atoms with Crippen LogP contribution >= 0.6 is 0 Å². The van der Waals surface area contributed by atoms with E-state index in [9.17, 15) is 37.0 Å². The second-order valence-electron chi connectivity index (χ2n) is 13.3. The van der Waals surface area contributed by atoms with E-state index in [0.717, 1.165) is 33.4 Å². The number of nitrogens with one attached hydrogen (secondary N) is 1. The molecule has 6 rings (SSSR count). The Morgan fingerprint density at radius 3 is 2.06 bits per heavy atom. The lowest BCUT2D eigenvalue weighted by molar-refractivity contribution is -0.253. The summed E-state index contributed by atoms with van der Waals surface area (Å²) in [6, 6.07) is 31.2. The van der Waals surface area contributed by atoms with E-state index in [4.69, 9.17) is 9.47 Å². The van der Waals surface area contributed by atoms with Crippen LogP contribution in [0.5, 0.6) is 0 Å². The molecule has 0 unspecified atom stereocenters. The van der Waals surface area contributed by atoms with Crippen LogP contribution in [0.25, 0.3) is 11.1 Å². The molecule has 0 bridgehead atoms. The molecular formula is C42H39F5N2O5. The predicted molar refractivity (Wildman–Crippen MR) is 191 cm³/mol. The molecule has 1 heterocycles. The zero-order chi connectivity index (χ0) is 38.5. The molecule has 0 aromatic heterocycles. The van der Waals surface area contributed by atoms with Gasteiger partial charge >= 0.3 is 0 Å². The highest BCUT2D eigenvalue weighted by atomic mass is 19.2. The number of ether oxygens (including phenoxy) is 2. The van der Waals surface area contributed by atoms with Crippen molar-refractivity contribution in [1.82, 2.24) is 10.2 Å². The second kappa shape index (κ2) is 17.0. The monoisotopic (exact) mass is 746 g/mol. The average molecular weight is 747 g/mol. The van der Waals surface area contributed by atoms with Gasteiger partial charge in [-0.2, -0.15) is 0 Å². The number of rotatable bonds is 12. The van der Waals surface area contributed by atoms with E-state index in [1.165, 1.54) is 0 Å². The van der Waals surface area contributed by atoms with E-state index in [1.54, 1.807) is 18.2 Å². The lowest BCUT2D eigenvalue weighted by atomic mass is 9.98. The number of halogens is 5. The molecular weight excluding hydrogens is 707 g/mol. The largest absolute Gasteiger partial charge is 0.392 e. The molecule has 0 spiro atoms. The molecule has 12 heteroatoms. The minimum Gasteiger partial charge on any atom is -0.392 e. The Balaban J connectivity index is 1.17. The first-order valence-electron chi connectivity index (χ1n) is 17.4. The van der Waals surface area contributed by atoms with Gasteiger partial charge < -0.3 is 25.0 Å². The minimum atomic E-state index is -2.34. The topological polar surface area (TPSA) is 91.3 Å². The lowest BCUT2D eigenvalue weighted by Gasteiger charge is -2.39. The van der Waals surface area contributed by atoms with Crippen LogP contribution < -0.4 is 5.32 Å². The summed E-state index contributed by atoms with van der Waals surface area (Å²) < 4.78 is 82.0. The number of nitrogens with zero attached hydrogens (tertiary/aromatic N) is 1. The number of aliphatic hydroxyl groups is 2. The summed E-state index contributed by atoms with van der Waals surface area (Å²) in [6.45, 7) is 2.16. The fourth-order valence-electron chi connectivity index (χ4n) is 6.46. The summed E-state index contributed by atoms with van der Waals surface area (Å²) in [5.41, 5.74) is 3.79. The maximum atomic E-state index is 14.1. The van der Waals surface area contributed by atoms with Gasteiger partial charge in [0.15, 0.2) is 29.6 Å². The van der Waals surface area contributed by atoms with Crippen LogP contribution in [0, 0.1) is 29.1 Å². The fourth-order valence-corrected chi connectivity index (χ4v) is 6.46. The standard InChI is InChI=1S/C42H39F5N2O5/c1-24(40(51)29-8-4-3-5-9-29)49(2)22-32-20-33(28-13-11-25(23-50)12-14-28)54-42(53-32)30-17-15-27(16-18-30)31-10-6-7-26(19-31)21-48-41(52)34-35(43)37(45)39(47)38(46)36(34)44/h3-19,24,32-33,40,42,50-51H,20-23H2,1-2H3,(H,48,52)/t24-,32+,33-,40-,42-/m1/s1. The van der Waals surface area contributed by atoms with Gasteiger partial charge in [-0.15, -0.1) is 0 Å². The summed E-state index contributed by atoms with van der Waals surface area (Å²) >= 11 is 0. The van der Waals surface area contributed by atoms with Crippen molar-refractivity contribution in [2.75, 3.05) is 13.6 Å². The van der Waals surface area contributed by atoms with Crippen LogP contribution in [-0.2, 0) is 22.6 Å². The molecule has 7 nitrogen and oxygen atoms in total. The van der Waals surface area contributed by atoms with E-state index >= 15 is 0 Å². The van der Waals surface area contributed by atoms with E-state index in [2.05, 4.69) is 10.2 Å². The molecule has 1 aliphatic rings. The third kappa shape index (κ3) is 8.53. The highest BCUT2D eigenvalue weighted by Crippen LogP contribution is 2.39. The van der Waals surface area contributed by atoms with Gasteiger partial charge in [0.25, 0.3) is 5.91 Å². The molecule has 0 aliphatic carbocycles.